The van der Waals surface area contributed by atoms with Gasteiger partial charge >= 0.3 is 6.18 Å². The number of carbonyl (C=O) groups is 1. The molecule has 1 aromatic heterocycles. The van der Waals surface area contributed by atoms with Crippen LogP contribution < -0.4 is 10.6 Å². The highest BCUT2D eigenvalue weighted by Crippen LogP contribution is 2.30. The number of rotatable bonds is 4. The second-order valence-corrected chi connectivity index (χ2v) is 7.85. The van der Waals surface area contributed by atoms with Gasteiger partial charge in [0, 0.05) is 57.4 Å². The first-order chi connectivity index (χ1) is 13.8. The van der Waals surface area contributed by atoms with Gasteiger partial charge in [-0.05, 0) is 19.3 Å². The molecule has 2 heterocycles. The number of hydrogen-bond donors (Lipinski definition) is 2. The van der Waals surface area contributed by atoms with E-state index >= 15 is 0 Å². The van der Waals surface area contributed by atoms with Gasteiger partial charge in [0.15, 0.2) is 11.7 Å². The van der Waals surface area contributed by atoms with Crippen molar-refractivity contribution in [2.24, 2.45) is 18.0 Å². The second kappa shape index (κ2) is 9.04. The van der Waals surface area contributed by atoms with Gasteiger partial charge in [0.1, 0.15) is 0 Å². The molecule has 2 aliphatic rings. The van der Waals surface area contributed by atoms with E-state index in [9.17, 15) is 18.0 Å². The minimum Gasteiger partial charge on any atom is -0.352 e. The summed E-state index contributed by atoms with van der Waals surface area (Å²) in [4.78, 5) is 18.7. The summed E-state index contributed by atoms with van der Waals surface area (Å²) in [5.74, 6) is 0.798. The zero-order chi connectivity index (χ0) is 21.0. The third kappa shape index (κ3) is 5.42. The van der Waals surface area contributed by atoms with E-state index < -0.39 is 11.9 Å². The zero-order valence-corrected chi connectivity index (χ0v) is 16.9. The van der Waals surface area contributed by atoms with Gasteiger partial charge in [-0.3, -0.25) is 14.5 Å². The van der Waals surface area contributed by atoms with Crippen LogP contribution in [0.25, 0.3) is 0 Å². The monoisotopic (exact) mass is 414 g/mol. The van der Waals surface area contributed by atoms with Crippen LogP contribution >= 0.6 is 0 Å². The summed E-state index contributed by atoms with van der Waals surface area (Å²) in [5, 5.41) is 9.66. The lowest BCUT2D eigenvalue weighted by Gasteiger charge is -2.26. The van der Waals surface area contributed by atoms with Gasteiger partial charge in [-0.1, -0.05) is 19.3 Å². The van der Waals surface area contributed by atoms with Crippen molar-refractivity contribution in [3.63, 3.8) is 0 Å². The largest absolute Gasteiger partial charge is 0.435 e. The lowest BCUT2D eigenvalue weighted by Crippen LogP contribution is -2.45. The van der Waals surface area contributed by atoms with E-state index in [1.807, 2.05) is 4.90 Å². The van der Waals surface area contributed by atoms with E-state index in [0.717, 1.165) is 36.8 Å². The molecule has 1 saturated carbocycles. The fraction of sp³-hybridized carbons (Fsp3) is 0.737. The highest BCUT2D eigenvalue weighted by molar-refractivity contribution is 5.81. The summed E-state index contributed by atoms with van der Waals surface area (Å²) in [6.45, 7) is 1.25. The van der Waals surface area contributed by atoms with Crippen LogP contribution in [0, 0.1) is 5.92 Å². The summed E-state index contributed by atoms with van der Waals surface area (Å²) in [6, 6.07) is 0.0322. The van der Waals surface area contributed by atoms with Gasteiger partial charge < -0.3 is 15.5 Å². The molecule has 0 radical (unpaired) electrons. The molecule has 0 aromatic carbocycles. The maximum atomic E-state index is 13.1. The number of aliphatic imine (C=N–C) groups is 1. The smallest absolute Gasteiger partial charge is 0.352 e. The molecular weight excluding hydrogens is 385 g/mol. The summed E-state index contributed by atoms with van der Waals surface area (Å²) in [5.41, 5.74) is -0.837. The Kier molecular flexibility index (Phi) is 6.69. The topological polar surface area (TPSA) is 74.6 Å². The van der Waals surface area contributed by atoms with Crippen LogP contribution in [-0.4, -0.2) is 52.7 Å². The molecule has 1 saturated heterocycles. The van der Waals surface area contributed by atoms with Crippen molar-refractivity contribution < 1.29 is 18.0 Å². The number of halogens is 3. The lowest BCUT2D eigenvalue weighted by molar-refractivity contribution is -0.142. The molecule has 1 aliphatic heterocycles. The molecule has 7 nitrogen and oxygen atoms in total. The molecule has 29 heavy (non-hydrogen) atoms. The molecule has 2 N–H and O–H groups in total. The Bertz CT molecular complexity index is 739. The van der Waals surface area contributed by atoms with Crippen molar-refractivity contribution in [1.29, 1.82) is 0 Å². The van der Waals surface area contributed by atoms with Gasteiger partial charge in [0.25, 0.3) is 0 Å². The number of hydrogen-bond acceptors (Lipinski definition) is 3. The summed E-state index contributed by atoms with van der Waals surface area (Å²) in [6.07, 6.45) is 3.05. The van der Waals surface area contributed by atoms with E-state index in [4.69, 9.17) is 0 Å². The SMILES string of the molecule is CN=C(NCc1cn(C)nc1C(F)(F)F)NC1CCN(C(=O)C2CCCCC2)C1. The maximum absolute atomic E-state index is 13.1. The second-order valence-electron chi connectivity index (χ2n) is 7.85. The molecule has 0 bridgehead atoms. The standard InChI is InChI=1S/C19H29F3N6O/c1-23-18(24-10-14-11-27(2)26-16(14)19(20,21)22)25-15-8-9-28(12-15)17(29)13-6-4-3-5-7-13/h11,13,15H,3-10,12H2,1-2H3,(H2,23,24,25). The van der Waals surface area contributed by atoms with Crippen LogP contribution in [0.2, 0.25) is 0 Å². The summed E-state index contributed by atoms with van der Waals surface area (Å²) < 4.78 is 40.4. The fourth-order valence-corrected chi connectivity index (χ4v) is 4.16. The van der Waals surface area contributed by atoms with Gasteiger partial charge in [0.2, 0.25) is 5.91 Å². The normalized spacial score (nSPS) is 21.5. The number of nitrogens with one attached hydrogen (secondary N) is 2. The number of carbonyl (C=O) groups excluding carboxylic acids is 1. The van der Waals surface area contributed by atoms with Crippen LogP contribution in [0.3, 0.4) is 0 Å². The van der Waals surface area contributed by atoms with Gasteiger partial charge in [-0.25, -0.2) is 0 Å². The van der Waals surface area contributed by atoms with Crippen LogP contribution in [0.15, 0.2) is 11.2 Å². The Labute approximate surface area is 168 Å². The van der Waals surface area contributed by atoms with Crippen molar-refractivity contribution in [2.75, 3.05) is 20.1 Å². The minimum atomic E-state index is -4.50. The van der Waals surface area contributed by atoms with E-state index in [1.165, 1.54) is 19.7 Å². The third-order valence-electron chi connectivity index (χ3n) is 5.64. The highest BCUT2D eigenvalue weighted by atomic mass is 19.4. The van der Waals surface area contributed by atoms with E-state index in [-0.39, 0.29) is 30.0 Å². The molecule has 1 amide bonds. The van der Waals surface area contributed by atoms with Gasteiger partial charge in [0.05, 0.1) is 0 Å². The number of aryl methyl sites for hydroxylation is 1. The predicted octanol–water partition coefficient (Wildman–Crippen LogP) is 2.29. The molecule has 1 aromatic rings. The van der Waals surface area contributed by atoms with E-state index in [1.54, 1.807) is 7.05 Å². The third-order valence-corrected chi connectivity index (χ3v) is 5.64. The van der Waals surface area contributed by atoms with Crippen molar-refractivity contribution in [1.82, 2.24) is 25.3 Å². The molecule has 0 spiro atoms. The predicted molar refractivity (Wildman–Crippen MR) is 103 cm³/mol. The quantitative estimate of drug-likeness (QED) is 0.586. The zero-order valence-electron chi connectivity index (χ0n) is 16.9. The van der Waals surface area contributed by atoms with Crippen LogP contribution in [0.5, 0.6) is 0 Å². The first kappa shape index (κ1) is 21.4. The minimum absolute atomic E-state index is 0.0322. The number of alkyl halides is 3. The number of guanidine groups is 1. The lowest BCUT2D eigenvalue weighted by atomic mass is 9.88. The van der Waals surface area contributed by atoms with Crippen molar-refractivity contribution >= 4 is 11.9 Å². The Balaban J connectivity index is 1.52. The summed E-state index contributed by atoms with van der Waals surface area (Å²) >= 11 is 0. The Morgan fingerprint density at radius 1 is 1.28 bits per heavy atom. The Morgan fingerprint density at radius 3 is 2.66 bits per heavy atom. The van der Waals surface area contributed by atoms with Gasteiger partial charge in [-0.15, -0.1) is 0 Å². The van der Waals surface area contributed by atoms with Crippen molar-refractivity contribution in [3.8, 4) is 0 Å². The Morgan fingerprint density at radius 2 is 2.00 bits per heavy atom. The summed E-state index contributed by atoms with van der Waals surface area (Å²) in [7, 11) is 3.03. The van der Waals surface area contributed by atoms with Crippen LogP contribution in [0.1, 0.15) is 49.8 Å². The molecule has 3 rings (SSSR count). The average molecular weight is 414 g/mol. The molecular formula is C19H29F3N6O. The van der Waals surface area contributed by atoms with Crippen molar-refractivity contribution in [3.05, 3.63) is 17.5 Å². The van der Waals surface area contributed by atoms with Crippen LogP contribution in [0.4, 0.5) is 13.2 Å². The number of amides is 1. The number of aromatic nitrogens is 2. The van der Waals surface area contributed by atoms with Gasteiger partial charge in [-0.2, -0.15) is 18.3 Å². The maximum Gasteiger partial charge on any atom is 0.435 e. The van der Waals surface area contributed by atoms with E-state index in [2.05, 4.69) is 20.7 Å². The molecule has 1 atom stereocenters. The highest BCUT2D eigenvalue weighted by Gasteiger charge is 2.37. The molecule has 10 heteroatoms. The van der Waals surface area contributed by atoms with E-state index in [0.29, 0.717) is 19.0 Å². The first-order valence-corrected chi connectivity index (χ1v) is 10.1. The molecule has 162 valence electrons. The number of likely N-dealkylation sites (tertiary alicyclic amines) is 1. The fourth-order valence-electron chi connectivity index (χ4n) is 4.16. The molecule has 1 unspecified atom stereocenters. The molecule has 1 aliphatic carbocycles. The Hall–Kier alpha value is -2.26. The van der Waals surface area contributed by atoms with Crippen molar-refractivity contribution in [2.45, 2.75) is 57.3 Å². The van der Waals surface area contributed by atoms with Crippen LogP contribution in [-0.2, 0) is 24.6 Å². The average Bonchev–Trinajstić information content (AvgIpc) is 3.31. The first-order valence-electron chi connectivity index (χ1n) is 10.1. The number of nitrogens with zero attached hydrogens (tertiary/aromatic N) is 4. The molecule has 2 fully saturated rings.